The number of rotatable bonds is 5. The Morgan fingerprint density at radius 1 is 1.09 bits per heavy atom. The van der Waals surface area contributed by atoms with Crippen LogP contribution in [0.1, 0.15) is 0 Å². The van der Waals surface area contributed by atoms with Gasteiger partial charge in [0.05, 0.1) is 21.3 Å². The smallest absolute Gasteiger partial charge is 0.337 e. The number of alkyl halides is 3. The van der Waals surface area contributed by atoms with E-state index < -0.39 is 26.8 Å². The molecule has 168 valence electrons. The number of aliphatic imine (C=N–C) groups is 1. The number of likely N-dealkylation sites (N-methyl/N-ethyl adjacent to an activating group) is 1. The number of hydrogen-bond acceptors (Lipinski definition) is 6. The molecule has 0 spiro atoms. The monoisotopic (exact) mass is 537 g/mol. The molecule has 1 aliphatic heterocycles. The van der Waals surface area contributed by atoms with Crippen LogP contribution in [0.25, 0.3) is 0 Å². The molecule has 14 heteroatoms. The summed E-state index contributed by atoms with van der Waals surface area (Å²) in [6.07, 6.45) is -1.36. The van der Waals surface area contributed by atoms with Gasteiger partial charge in [0, 0.05) is 24.2 Å². The predicted octanol–water partition coefficient (Wildman–Crippen LogP) is 5.51. The Hall–Kier alpha value is -2.30. The number of halogens is 5. The number of nitro groups is 1. The zero-order valence-electron chi connectivity index (χ0n) is 15.9. The largest absolute Gasteiger partial charge is 0.359 e. The van der Waals surface area contributed by atoms with Crippen molar-refractivity contribution in [2.24, 2.45) is 4.99 Å². The Morgan fingerprint density at radius 2 is 1.72 bits per heavy atom. The summed E-state index contributed by atoms with van der Waals surface area (Å²) in [5.41, 5.74) is 0.269. The number of amides is 3. The Bertz CT molecular complexity index is 1120. The minimum Gasteiger partial charge on any atom is -0.359 e. The lowest BCUT2D eigenvalue weighted by atomic mass is 10.2. The third-order valence-corrected chi connectivity index (χ3v) is 5.46. The molecule has 1 aliphatic rings. The van der Waals surface area contributed by atoms with Gasteiger partial charge < -0.3 is 5.32 Å². The number of non-ortho nitro benzene ring substituents is 1. The van der Waals surface area contributed by atoms with Crippen LogP contribution < -0.4 is 10.2 Å². The van der Waals surface area contributed by atoms with Crippen molar-refractivity contribution in [3.8, 4) is 0 Å². The van der Waals surface area contributed by atoms with E-state index in [9.17, 15) is 19.7 Å². The first-order valence-electron chi connectivity index (χ1n) is 8.63. The van der Waals surface area contributed by atoms with Crippen molar-refractivity contribution >= 4 is 92.8 Å². The molecule has 2 aromatic carbocycles. The van der Waals surface area contributed by atoms with Gasteiger partial charge in [-0.15, -0.1) is 0 Å². The lowest BCUT2D eigenvalue weighted by Gasteiger charge is -2.25. The number of nitrogens with one attached hydrogen (secondary N) is 1. The van der Waals surface area contributed by atoms with Crippen molar-refractivity contribution in [3.05, 3.63) is 62.6 Å². The molecule has 1 saturated heterocycles. The molecule has 0 aromatic heterocycles. The second kappa shape index (κ2) is 9.29. The van der Waals surface area contributed by atoms with E-state index >= 15 is 0 Å². The Kier molecular flexibility index (Phi) is 7.06. The van der Waals surface area contributed by atoms with Gasteiger partial charge in [0.15, 0.2) is 6.17 Å². The number of carbonyl (C=O) groups excluding carboxylic acids is 2. The third kappa shape index (κ3) is 5.02. The highest BCUT2D eigenvalue weighted by atomic mass is 35.6. The quantitative estimate of drug-likeness (QED) is 0.233. The van der Waals surface area contributed by atoms with Gasteiger partial charge >= 0.3 is 6.03 Å². The number of hydrogen-bond donors (Lipinski definition) is 1. The molecule has 3 amide bonds. The summed E-state index contributed by atoms with van der Waals surface area (Å²) in [7, 11) is 1.25. The van der Waals surface area contributed by atoms with E-state index in [4.69, 9.17) is 58.0 Å². The van der Waals surface area contributed by atoms with Gasteiger partial charge in [-0.05, 0) is 30.3 Å². The number of urea groups is 1. The van der Waals surface area contributed by atoms with E-state index in [1.54, 1.807) is 6.07 Å². The van der Waals surface area contributed by atoms with Gasteiger partial charge in [-0.2, -0.15) is 0 Å². The molecule has 1 N–H and O–H groups in total. The van der Waals surface area contributed by atoms with E-state index in [-0.39, 0.29) is 22.2 Å². The van der Waals surface area contributed by atoms with Crippen LogP contribution in [0.4, 0.5) is 21.9 Å². The summed E-state index contributed by atoms with van der Waals surface area (Å²) in [4.78, 5) is 41.7. The first-order valence-corrected chi connectivity index (χ1v) is 10.5. The SMILES string of the molecule is CN1C(=O)C(=NC(Nc2ccc(Cl)cc2Cl)C(Cl)(Cl)Cl)N(c2ccc([N+](=O)[O-])cc2)C1=O. The highest BCUT2D eigenvalue weighted by Crippen LogP contribution is 2.36. The predicted molar refractivity (Wildman–Crippen MR) is 125 cm³/mol. The maximum Gasteiger partial charge on any atom is 0.337 e. The van der Waals surface area contributed by atoms with Crippen molar-refractivity contribution in [2.45, 2.75) is 9.96 Å². The lowest BCUT2D eigenvalue weighted by molar-refractivity contribution is -0.384. The molecule has 0 bridgehead atoms. The maximum atomic E-state index is 12.7. The number of carbonyl (C=O) groups is 2. The van der Waals surface area contributed by atoms with Crippen LogP contribution in [0.15, 0.2) is 47.5 Å². The van der Waals surface area contributed by atoms with Crippen LogP contribution in [0.5, 0.6) is 0 Å². The molecule has 0 saturated carbocycles. The minimum atomic E-state index is -2.07. The zero-order chi connectivity index (χ0) is 23.8. The number of nitrogens with zero attached hydrogens (tertiary/aromatic N) is 4. The number of nitro benzene ring substituents is 1. The Balaban J connectivity index is 2.05. The standard InChI is InChI=1S/C18H12Cl5N5O4/c1-26-15(29)14(27(17(26)30)10-3-5-11(6-4-10)28(31)32)25-16(18(21,22)23)24-13-7-2-9(19)8-12(13)20/h2-8,16,24H,1H3. The fourth-order valence-corrected chi connectivity index (χ4v) is 3.48. The Morgan fingerprint density at radius 3 is 2.25 bits per heavy atom. The molecule has 32 heavy (non-hydrogen) atoms. The first kappa shape index (κ1) is 24.3. The molecule has 1 fully saturated rings. The van der Waals surface area contributed by atoms with Crippen molar-refractivity contribution in [1.29, 1.82) is 0 Å². The van der Waals surface area contributed by atoms with Crippen LogP contribution in [-0.4, -0.2) is 44.6 Å². The summed E-state index contributed by atoms with van der Waals surface area (Å²) < 4.78 is -2.07. The average Bonchev–Trinajstić information content (AvgIpc) is 2.92. The van der Waals surface area contributed by atoms with Crippen LogP contribution in [0.2, 0.25) is 10.0 Å². The lowest BCUT2D eigenvalue weighted by Crippen LogP contribution is -2.38. The highest BCUT2D eigenvalue weighted by Gasteiger charge is 2.44. The second-order valence-electron chi connectivity index (χ2n) is 6.42. The van der Waals surface area contributed by atoms with E-state index in [1.165, 1.54) is 43.4 Å². The molecule has 0 aliphatic carbocycles. The molecule has 2 aromatic rings. The first-order chi connectivity index (χ1) is 14.9. The molecule has 3 rings (SSSR count). The van der Waals surface area contributed by atoms with E-state index in [0.717, 1.165) is 9.80 Å². The maximum absolute atomic E-state index is 12.7. The number of anilines is 2. The molecular weight excluding hydrogens is 527 g/mol. The normalized spacial score (nSPS) is 16.6. The Labute approximate surface area is 206 Å². The summed E-state index contributed by atoms with van der Waals surface area (Å²) in [5, 5.41) is 14.3. The van der Waals surface area contributed by atoms with E-state index in [1.807, 2.05) is 0 Å². The van der Waals surface area contributed by atoms with Gasteiger partial charge in [-0.3, -0.25) is 19.8 Å². The van der Waals surface area contributed by atoms with Crippen molar-refractivity contribution < 1.29 is 14.5 Å². The molecule has 1 heterocycles. The number of amidine groups is 1. The fraction of sp³-hybridized carbons (Fsp3) is 0.167. The highest BCUT2D eigenvalue weighted by molar-refractivity contribution is 6.68. The number of benzene rings is 2. The van der Waals surface area contributed by atoms with Gasteiger partial charge in [0.25, 0.3) is 11.6 Å². The summed E-state index contributed by atoms with van der Waals surface area (Å²) in [6, 6.07) is 8.74. The molecule has 9 nitrogen and oxygen atoms in total. The van der Waals surface area contributed by atoms with Gasteiger partial charge in [-0.1, -0.05) is 58.0 Å². The average molecular weight is 540 g/mol. The zero-order valence-corrected chi connectivity index (χ0v) is 19.7. The molecule has 0 radical (unpaired) electrons. The molecule has 1 unspecified atom stereocenters. The number of imide groups is 1. The van der Waals surface area contributed by atoms with Crippen molar-refractivity contribution in [3.63, 3.8) is 0 Å². The fourth-order valence-electron chi connectivity index (χ4n) is 2.71. The van der Waals surface area contributed by atoms with Crippen LogP contribution >= 0.6 is 58.0 Å². The van der Waals surface area contributed by atoms with Crippen LogP contribution in [0, 0.1) is 10.1 Å². The molecule has 1 atom stereocenters. The van der Waals surface area contributed by atoms with Crippen molar-refractivity contribution in [2.75, 3.05) is 17.3 Å². The van der Waals surface area contributed by atoms with Gasteiger partial charge in [0.2, 0.25) is 9.63 Å². The van der Waals surface area contributed by atoms with Crippen LogP contribution in [0.3, 0.4) is 0 Å². The second-order valence-corrected chi connectivity index (χ2v) is 9.63. The van der Waals surface area contributed by atoms with E-state index in [2.05, 4.69) is 10.3 Å². The third-order valence-electron chi connectivity index (χ3n) is 4.29. The van der Waals surface area contributed by atoms with Crippen molar-refractivity contribution in [1.82, 2.24) is 4.90 Å². The van der Waals surface area contributed by atoms with Gasteiger partial charge in [-0.25, -0.2) is 14.7 Å². The summed E-state index contributed by atoms with van der Waals surface area (Å²) in [6.45, 7) is 0. The minimum absolute atomic E-state index is 0.157. The summed E-state index contributed by atoms with van der Waals surface area (Å²) in [5.74, 6) is -1.13. The van der Waals surface area contributed by atoms with E-state index in [0.29, 0.717) is 10.7 Å². The summed E-state index contributed by atoms with van der Waals surface area (Å²) >= 11 is 30.3. The van der Waals surface area contributed by atoms with Gasteiger partial charge in [0.1, 0.15) is 0 Å². The molecular formula is C18H12Cl5N5O4. The van der Waals surface area contributed by atoms with Crippen LogP contribution in [-0.2, 0) is 4.79 Å². The topological polar surface area (TPSA) is 108 Å².